The van der Waals surface area contributed by atoms with Crippen LogP contribution in [0.2, 0.25) is 0 Å². The number of nitrogens with zero attached hydrogens (tertiary/aromatic N) is 3. The van der Waals surface area contributed by atoms with Gasteiger partial charge in [-0.1, -0.05) is 6.08 Å². The Morgan fingerprint density at radius 3 is 2.11 bits per heavy atom. The van der Waals surface area contributed by atoms with Gasteiger partial charge in [0.1, 0.15) is 29.5 Å². The second-order valence-corrected chi connectivity index (χ2v) is 20.5. The maximum atomic E-state index is 17.1. The molecule has 8 rings (SSSR count). The van der Waals surface area contributed by atoms with Crippen LogP contribution < -0.4 is 24.8 Å². The van der Waals surface area contributed by atoms with E-state index in [1.807, 2.05) is 37.2 Å². The number of rotatable bonds is 10. The third kappa shape index (κ3) is 7.19. The van der Waals surface area contributed by atoms with Crippen molar-refractivity contribution in [1.29, 1.82) is 0 Å². The molecule has 0 spiro atoms. The highest BCUT2D eigenvalue weighted by molar-refractivity contribution is 7.86. The van der Waals surface area contributed by atoms with E-state index < -0.39 is 95.5 Å². The Kier molecular flexibility index (Phi) is 10.3. The zero-order valence-electron chi connectivity index (χ0n) is 34.5. The zero-order valence-corrected chi connectivity index (χ0v) is 36.1. The van der Waals surface area contributed by atoms with Crippen molar-refractivity contribution < 1.29 is 62.9 Å². The maximum absolute atomic E-state index is 17.1. The number of aliphatic carboxylic acids is 1. The number of carbonyl (C=O) groups is 2. The first-order valence-corrected chi connectivity index (χ1v) is 23.2. The number of carboxylic acid groups (broad SMARTS) is 1. The van der Waals surface area contributed by atoms with Gasteiger partial charge < -0.3 is 19.6 Å². The van der Waals surface area contributed by atoms with Gasteiger partial charge in [0.05, 0.1) is 27.9 Å². The van der Waals surface area contributed by atoms with Crippen LogP contribution in [0.15, 0.2) is 24.3 Å². The Hall–Kier alpha value is -5.11. The quantitative estimate of drug-likeness (QED) is 0.0651. The average Bonchev–Trinajstić information content (AvgIpc) is 3.16. The highest BCUT2D eigenvalue weighted by Gasteiger charge is 2.45. The van der Waals surface area contributed by atoms with Crippen molar-refractivity contribution in [3.8, 4) is 11.5 Å². The lowest BCUT2D eigenvalue weighted by Gasteiger charge is -2.47. The Labute approximate surface area is 354 Å². The summed E-state index contributed by atoms with van der Waals surface area (Å²) in [6, 6.07) is 2.85. The van der Waals surface area contributed by atoms with Gasteiger partial charge in [-0.25, -0.2) is 22.1 Å². The molecule has 330 valence electrons. The molecule has 5 aliphatic heterocycles. The third-order valence-corrected chi connectivity index (χ3v) is 13.7. The van der Waals surface area contributed by atoms with Crippen LogP contribution in [-0.2, 0) is 37.9 Å². The average molecular weight is 903 g/mol. The molecule has 0 radical (unpaired) electrons. The zero-order chi connectivity index (χ0) is 45.2. The van der Waals surface area contributed by atoms with E-state index in [0.717, 1.165) is 11.9 Å². The van der Waals surface area contributed by atoms with Gasteiger partial charge >= 0.3 is 5.97 Å². The first-order chi connectivity index (χ1) is 28.8. The fraction of sp³-hybridized carbons (Fsp3) is 0.419. The van der Waals surface area contributed by atoms with Gasteiger partial charge in [0.25, 0.3) is 26.1 Å². The number of amides is 1. The molecule has 0 saturated heterocycles. The number of carbonyl (C=O) groups excluding carboxylic acids is 1. The van der Waals surface area contributed by atoms with E-state index >= 15 is 17.6 Å². The molecule has 13 nitrogen and oxygen atoms in total. The topological polar surface area (TPSA) is 182 Å². The molecule has 5 heterocycles. The van der Waals surface area contributed by atoms with Crippen molar-refractivity contribution in [1.82, 2.24) is 9.48 Å². The maximum Gasteiger partial charge on any atom is 0.303 e. The number of fused-ring (bicyclic) bond motifs is 4. The van der Waals surface area contributed by atoms with Crippen molar-refractivity contribution in [2.75, 3.05) is 43.1 Å². The Balaban J connectivity index is 1.57. The number of halogens is 4. The van der Waals surface area contributed by atoms with E-state index in [-0.39, 0.29) is 63.1 Å². The highest BCUT2D eigenvalue weighted by atomic mass is 32.2. The minimum absolute atomic E-state index is 0.0720. The molecule has 0 unspecified atom stereocenters. The predicted molar refractivity (Wildman–Crippen MR) is 221 cm³/mol. The minimum Gasteiger partial charge on any atom is -0.481 e. The Morgan fingerprint density at radius 1 is 0.839 bits per heavy atom. The number of carboxylic acids is 1. The smallest absolute Gasteiger partial charge is 0.303 e. The number of benzene rings is 3. The molecule has 62 heavy (non-hydrogen) atoms. The molecule has 3 aromatic carbocycles. The van der Waals surface area contributed by atoms with E-state index in [1.165, 1.54) is 12.1 Å². The fourth-order valence-electron chi connectivity index (χ4n) is 9.94. The van der Waals surface area contributed by atoms with Crippen molar-refractivity contribution in [2.45, 2.75) is 77.3 Å². The third-order valence-electron chi connectivity index (χ3n) is 12.4. The second kappa shape index (κ2) is 14.7. The van der Waals surface area contributed by atoms with Crippen LogP contribution in [0.3, 0.4) is 0 Å². The van der Waals surface area contributed by atoms with Crippen LogP contribution in [-0.4, -0.2) is 97.1 Å². The van der Waals surface area contributed by atoms with Gasteiger partial charge in [0, 0.05) is 79.9 Å². The Bertz CT molecular complexity index is 3000. The van der Waals surface area contributed by atoms with Crippen molar-refractivity contribution in [3.05, 3.63) is 97.1 Å². The number of hydrogen-bond acceptors (Lipinski definition) is 8. The summed E-state index contributed by atoms with van der Waals surface area (Å²) in [5.74, 6) is -12.6. The Morgan fingerprint density at radius 2 is 1.47 bits per heavy atom. The molecule has 5 aliphatic rings. The molecule has 0 aliphatic carbocycles. The summed E-state index contributed by atoms with van der Waals surface area (Å²) >= 11 is 0. The van der Waals surface area contributed by atoms with Gasteiger partial charge in [-0.3, -0.25) is 18.7 Å². The molecule has 3 N–H and O–H groups in total. The molecule has 0 atom stereocenters. The summed E-state index contributed by atoms with van der Waals surface area (Å²) in [5, 5.41) is 9.69. The summed E-state index contributed by atoms with van der Waals surface area (Å²) in [6.07, 6.45) is 4.49. The second-order valence-electron chi connectivity index (χ2n) is 17.6. The lowest BCUT2D eigenvalue weighted by atomic mass is 9.78. The van der Waals surface area contributed by atoms with Crippen molar-refractivity contribution in [2.24, 2.45) is 0 Å². The van der Waals surface area contributed by atoms with Crippen LogP contribution in [0.4, 0.5) is 23.2 Å². The fourth-order valence-corrected chi connectivity index (χ4v) is 11.2. The summed E-state index contributed by atoms with van der Waals surface area (Å²) < 4.78 is 144. The lowest BCUT2D eigenvalue weighted by Crippen LogP contribution is -2.53. The van der Waals surface area contributed by atoms with Gasteiger partial charge in [-0.2, -0.15) is 16.8 Å². The lowest BCUT2D eigenvalue weighted by molar-refractivity contribution is -0.137. The van der Waals surface area contributed by atoms with Crippen molar-refractivity contribution in [3.63, 3.8) is 0 Å². The van der Waals surface area contributed by atoms with E-state index in [4.69, 9.17) is 4.74 Å². The van der Waals surface area contributed by atoms with Gasteiger partial charge in [-0.05, 0) is 68.9 Å². The van der Waals surface area contributed by atoms with Crippen LogP contribution >= 0.6 is 0 Å². The standard InChI is InChI=1S/C43H43F4N3O10S2/c1-42(2)17-21(19-61(54,55)56)25-15-27-30(31-32(34(45)36(47)35(46)33(31)44)41(53)48(5)12-8-11-29(51)52)28-16-26-22(20-62(57,58)59)18-43(3,4)50-14-7-10-24(38(26)50)40(28)60-39(27)23-9-6-13-49(42)37(23)25/h15-18H,6-14,19-20H2,1-5H3,(H2-,51,52,54,55,56,57,58,59)/p+1. The summed E-state index contributed by atoms with van der Waals surface area (Å²) in [5.41, 5.74) is -1.94. The highest BCUT2D eigenvalue weighted by Crippen LogP contribution is 2.53. The normalized spacial score (nSPS) is 18.1. The molecule has 1 amide bonds. The van der Waals surface area contributed by atoms with Gasteiger partial charge in [-0.15, -0.1) is 0 Å². The molecule has 0 aromatic heterocycles. The van der Waals surface area contributed by atoms with E-state index in [0.29, 0.717) is 60.9 Å². The largest absolute Gasteiger partial charge is 0.481 e. The van der Waals surface area contributed by atoms with Crippen LogP contribution in [0.5, 0.6) is 11.5 Å². The molecule has 3 aromatic rings. The first kappa shape index (κ1) is 43.5. The molecule has 0 saturated carbocycles. The molecule has 0 fully saturated rings. The van der Waals surface area contributed by atoms with Crippen LogP contribution in [0, 0.1) is 23.3 Å². The van der Waals surface area contributed by atoms with Gasteiger partial charge in [0.2, 0.25) is 5.36 Å². The molecule has 0 bridgehead atoms. The number of hydrogen-bond donors (Lipinski definition) is 3. The minimum atomic E-state index is -4.68. The number of anilines is 1. The summed E-state index contributed by atoms with van der Waals surface area (Å²) in [6.45, 7) is 8.14. The molecule has 19 heteroatoms. The number of ether oxygens (including phenoxy) is 1. The van der Waals surface area contributed by atoms with Gasteiger partial charge in [0.15, 0.2) is 28.8 Å². The SMILES string of the molecule is CN(CCCC(=O)O)C(=O)c1c(F)c(F)c(F)c(F)c1C1=c2cc3c4c(c2Oc2c1cc1c5c2CCCN5C(C)(C)C=C1CS(=O)(=O)O)CCC[N+]=4C(C)(C)C=C3CS(=O)(=O)O. The monoisotopic (exact) mass is 902 g/mol. The van der Waals surface area contributed by atoms with Crippen LogP contribution in [0.25, 0.3) is 16.7 Å². The van der Waals surface area contributed by atoms with E-state index in [2.05, 4.69) is 0 Å². The molecular formula is C43H44F4N3O10S2+. The van der Waals surface area contributed by atoms with Crippen molar-refractivity contribution >= 4 is 54.5 Å². The predicted octanol–water partition coefficient (Wildman–Crippen LogP) is 4.85. The molecular weight excluding hydrogens is 859 g/mol. The van der Waals surface area contributed by atoms with Crippen LogP contribution in [0.1, 0.15) is 97.1 Å². The van der Waals surface area contributed by atoms with E-state index in [1.54, 1.807) is 12.2 Å². The summed E-state index contributed by atoms with van der Waals surface area (Å²) in [7, 11) is -8.19. The van der Waals surface area contributed by atoms with E-state index in [9.17, 15) is 40.6 Å². The summed E-state index contributed by atoms with van der Waals surface area (Å²) in [4.78, 5) is 28.5. The first-order valence-electron chi connectivity index (χ1n) is 20.0.